The largest absolute Gasteiger partial charge is 0.466 e. The number of carbonyl (C=O) groups is 2. The van der Waals surface area contributed by atoms with E-state index in [0.29, 0.717) is 22.5 Å². The zero-order valence-corrected chi connectivity index (χ0v) is 14.8. The van der Waals surface area contributed by atoms with E-state index in [1.165, 1.54) is 49.0 Å². The first-order valence-electron chi connectivity index (χ1n) is 7.80. The molecule has 0 radical (unpaired) electrons. The minimum absolute atomic E-state index is 0.0607. The highest BCUT2D eigenvalue weighted by atomic mass is 32.1. The molecule has 0 aliphatic rings. The highest BCUT2D eigenvalue weighted by molar-refractivity contribution is 7.08. The third-order valence-corrected chi connectivity index (χ3v) is 4.68. The van der Waals surface area contributed by atoms with E-state index in [1.807, 2.05) is 5.38 Å². The Morgan fingerprint density at radius 3 is 2.50 bits per heavy atom. The number of nitrogens with one attached hydrogen (secondary N) is 1. The molecule has 1 atom stereocenters. The second kappa shape index (κ2) is 7.55. The van der Waals surface area contributed by atoms with Gasteiger partial charge in [0.05, 0.1) is 25.5 Å². The van der Waals surface area contributed by atoms with Gasteiger partial charge in [0.25, 0.3) is 5.91 Å². The van der Waals surface area contributed by atoms with Crippen molar-refractivity contribution in [3.8, 4) is 0 Å². The number of thiophene rings is 1. The number of amides is 1. The molecule has 0 aliphatic heterocycles. The molecule has 1 amide bonds. The number of ether oxygens (including phenoxy) is 1. The van der Waals surface area contributed by atoms with Gasteiger partial charge in [-0.1, -0.05) is 0 Å². The van der Waals surface area contributed by atoms with Crippen molar-refractivity contribution in [1.29, 1.82) is 0 Å². The summed E-state index contributed by atoms with van der Waals surface area (Å²) in [5.41, 5.74) is -0.108. The van der Waals surface area contributed by atoms with Crippen molar-refractivity contribution < 1.29 is 23.8 Å². The van der Waals surface area contributed by atoms with Crippen LogP contribution in [0.15, 0.2) is 63.9 Å². The van der Waals surface area contributed by atoms with E-state index in [2.05, 4.69) is 10.1 Å². The van der Waals surface area contributed by atoms with E-state index in [4.69, 9.17) is 4.42 Å². The van der Waals surface area contributed by atoms with Gasteiger partial charge in [0, 0.05) is 11.1 Å². The van der Waals surface area contributed by atoms with Crippen LogP contribution in [0, 0.1) is 0 Å². The normalized spacial score (nSPS) is 13.0. The Labute approximate surface area is 154 Å². The van der Waals surface area contributed by atoms with E-state index in [0.717, 1.165) is 0 Å². The lowest BCUT2D eigenvalue weighted by atomic mass is 9.93. The predicted octanol–water partition coefficient (Wildman–Crippen LogP) is 2.79. The fourth-order valence-electron chi connectivity index (χ4n) is 2.53. The number of furan rings is 1. The summed E-state index contributed by atoms with van der Waals surface area (Å²) in [5, 5.41) is 17.5. The van der Waals surface area contributed by atoms with E-state index >= 15 is 0 Å². The van der Waals surface area contributed by atoms with Crippen LogP contribution >= 0.6 is 11.3 Å². The molecule has 2 aromatic heterocycles. The first-order valence-corrected chi connectivity index (χ1v) is 8.74. The molecule has 0 saturated heterocycles. The topological polar surface area (TPSA) is 88.8 Å². The van der Waals surface area contributed by atoms with Gasteiger partial charge in [-0.25, -0.2) is 4.79 Å². The lowest BCUT2D eigenvalue weighted by Crippen LogP contribution is -2.41. The van der Waals surface area contributed by atoms with Gasteiger partial charge < -0.3 is 19.6 Å². The smallest absolute Gasteiger partial charge is 0.337 e. The minimum Gasteiger partial charge on any atom is -0.466 e. The molecule has 0 aliphatic carbocycles. The Hall–Kier alpha value is -2.90. The Morgan fingerprint density at radius 2 is 1.92 bits per heavy atom. The zero-order chi connectivity index (χ0) is 18.6. The van der Waals surface area contributed by atoms with Crippen LogP contribution in [0.2, 0.25) is 0 Å². The van der Waals surface area contributed by atoms with Crippen molar-refractivity contribution in [2.75, 3.05) is 13.7 Å². The number of rotatable bonds is 6. The van der Waals surface area contributed by atoms with Gasteiger partial charge in [-0.3, -0.25) is 4.79 Å². The Bertz CT molecular complexity index is 835. The molecule has 134 valence electrons. The van der Waals surface area contributed by atoms with Crippen LogP contribution in [0.1, 0.15) is 32.0 Å². The Morgan fingerprint density at radius 1 is 1.19 bits per heavy atom. The molecule has 26 heavy (non-hydrogen) atoms. The number of esters is 1. The Balaban J connectivity index is 1.75. The highest BCUT2D eigenvalue weighted by Gasteiger charge is 2.35. The van der Waals surface area contributed by atoms with Crippen molar-refractivity contribution in [3.63, 3.8) is 0 Å². The van der Waals surface area contributed by atoms with Crippen molar-refractivity contribution in [3.05, 3.63) is 81.9 Å². The Kier molecular flexibility index (Phi) is 5.20. The van der Waals surface area contributed by atoms with Gasteiger partial charge in [-0.05, 0) is 53.2 Å². The number of carbonyl (C=O) groups excluding carboxylic acids is 2. The van der Waals surface area contributed by atoms with Crippen LogP contribution in [-0.2, 0) is 10.3 Å². The SMILES string of the molecule is COC(=O)c1ccc(C(=O)NCC(O)(c2ccsc2)c2ccco2)cc1. The van der Waals surface area contributed by atoms with Crippen molar-refractivity contribution in [2.24, 2.45) is 0 Å². The first-order chi connectivity index (χ1) is 12.5. The molecule has 0 spiro atoms. The maximum Gasteiger partial charge on any atom is 0.337 e. The first kappa shape index (κ1) is 17.9. The van der Waals surface area contributed by atoms with Gasteiger partial charge >= 0.3 is 5.97 Å². The number of aliphatic hydroxyl groups is 1. The second-order valence-electron chi connectivity index (χ2n) is 5.60. The number of benzene rings is 1. The maximum atomic E-state index is 12.4. The van der Waals surface area contributed by atoms with Crippen molar-refractivity contribution in [1.82, 2.24) is 5.32 Å². The predicted molar refractivity (Wildman–Crippen MR) is 96.1 cm³/mol. The monoisotopic (exact) mass is 371 g/mol. The summed E-state index contributed by atoms with van der Waals surface area (Å²) in [4.78, 5) is 23.9. The molecular formula is C19H17NO5S. The summed E-state index contributed by atoms with van der Waals surface area (Å²) in [6, 6.07) is 11.2. The number of hydrogen-bond donors (Lipinski definition) is 2. The van der Waals surface area contributed by atoms with E-state index in [1.54, 1.807) is 23.6 Å². The molecule has 0 fully saturated rings. The zero-order valence-electron chi connectivity index (χ0n) is 14.0. The average Bonchev–Trinajstić information content (AvgIpc) is 3.39. The fraction of sp³-hybridized carbons (Fsp3) is 0.158. The maximum absolute atomic E-state index is 12.4. The van der Waals surface area contributed by atoms with Crippen LogP contribution in [-0.4, -0.2) is 30.6 Å². The van der Waals surface area contributed by atoms with Crippen LogP contribution in [0.4, 0.5) is 0 Å². The third kappa shape index (κ3) is 3.54. The van der Waals surface area contributed by atoms with Gasteiger partial charge in [-0.15, -0.1) is 0 Å². The molecule has 3 aromatic rings. The van der Waals surface area contributed by atoms with Crippen LogP contribution < -0.4 is 5.32 Å². The van der Waals surface area contributed by atoms with E-state index in [9.17, 15) is 14.7 Å². The van der Waals surface area contributed by atoms with Crippen LogP contribution in [0.25, 0.3) is 0 Å². The lowest BCUT2D eigenvalue weighted by molar-refractivity contribution is 0.0528. The molecule has 1 unspecified atom stereocenters. The molecule has 6 nitrogen and oxygen atoms in total. The standard InChI is InChI=1S/C19H17NO5S/c1-24-18(22)14-6-4-13(5-7-14)17(21)20-12-19(23,15-8-10-26-11-15)16-3-2-9-25-16/h2-11,23H,12H2,1H3,(H,20,21). The van der Waals surface area contributed by atoms with Crippen molar-refractivity contribution >= 4 is 23.2 Å². The summed E-state index contributed by atoms with van der Waals surface area (Å²) >= 11 is 1.44. The van der Waals surface area contributed by atoms with E-state index < -0.39 is 11.6 Å². The minimum atomic E-state index is -1.47. The molecule has 7 heteroatoms. The van der Waals surface area contributed by atoms with Gasteiger partial charge in [0.15, 0.2) is 5.60 Å². The van der Waals surface area contributed by atoms with Gasteiger partial charge in [0.1, 0.15) is 5.76 Å². The molecule has 2 N–H and O–H groups in total. The molecule has 3 rings (SSSR count). The van der Waals surface area contributed by atoms with Gasteiger partial charge in [0.2, 0.25) is 0 Å². The summed E-state index contributed by atoms with van der Waals surface area (Å²) in [6.45, 7) is -0.0607. The summed E-state index contributed by atoms with van der Waals surface area (Å²) < 4.78 is 10.00. The average molecular weight is 371 g/mol. The molecule has 0 saturated carbocycles. The third-order valence-electron chi connectivity index (χ3n) is 4.00. The number of methoxy groups -OCH3 is 1. The van der Waals surface area contributed by atoms with Crippen LogP contribution in [0.5, 0.6) is 0 Å². The lowest BCUT2D eigenvalue weighted by Gasteiger charge is -2.25. The molecular weight excluding hydrogens is 354 g/mol. The summed E-state index contributed by atoms with van der Waals surface area (Å²) in [5.74, 6) is -0.500. The van der Waals surface area contributed by atoms with Crippen molar-refractivity contribution in [2.45, 2.75) is 5.60 Å². The van der Waals surface area contributed by atoms with E-state index in [-0.39, 0.29) is 12.5 Å². The quantitative estimate of drug-likeness (QED) is 0.651. The number of hydrogen-bond acceptors (Lipinski definition) is 6. The van der Waals surface area contributed by atoms with Gasteiger partial charge in [-0.2, -0.15) is 11.3 Å². The fourth-order valence-corrected chi connectivity index (χ4v) is 3.25. The molecule has 0 bridgehead atoms. The van der Waals surface area contributed by atoms with Crippen LogP contribution in [0.3, 0.4) is 0 Å². The summed E-state index contributed by atoms with van der Waals surface area (Å²) in [6.07, 6.45) is 1.47. The molecule has 1 aromatic carbocycles. The highest BCUT2D eigenvalue weighted by Crippen LogP contribution is 2.31. The summed E-state index contributed by atoms with van der Waals surface area (Å²) in [7, 11) is 1.29. The second-order valence-corrected chi connectivity index (χ2v) is 6.38. The molecule has 2 heterocycles.